The zero-order valence-corrected chi connectivity index (χ0v) is 11.2. The maximum Gasteiger partial charge on any atom is 0.0947 e. The van der Waals surface area contributed by atoms with Crippen LogP contribution in [0.3, 0.4) is 0 Å². The van der Waals surface area contributed by atoms with Gasteiger partial charge in [0.1, 0.15) is 0 Å². The van der Waals surface area contributed by atoms with Crippen LogP contribution < -0.4 is 5.32 Å². The second kappa shape index (κ2) is 7.75. The molecule has 2 unspecified atom stereocenters. The van der Waals surface area contributed by atoms with Gasteiger partial charge in [-0.2, -0.15) is 0 Å². The molecule has 0 radical (unpaired) electrons. The Balaban J connectivity index is 0.00000144. The zero-order chi connectivity index (χ0) is 11.2. The van der Waals surface area contributed by atoms with E-state index in [9.17, 15) is 0 Å². The number of hydrogen-bond donors (Lipinski definition) is 1. The Labute approximate surface area is 109 Å². The highest BCUT2D eigenvalue weighted by Crippen LogP contribution is 2.17. The van der Waals surface area contributed by atoms with Gasteiger partial charge in [-0.3, -0.25) is 0 Å². The van der Waals surface area contributed by atoms with E-state index in [0.29, 0.717) is 12.1 Å². The van der Waals surface area contributed by atoms with Crippen molar-refractivity contribution < 1.29 is 9.15 Å². The van der Waals surface area contributed by atoms with Gasteiger partial charge in [0.2, 0.25) is 0 Å². The molecular formula is C13H22ClNO2. The number of ether oxygens (including phenoxy) is 1. The van der Waals surface area contributed by atoms with Crippen LogP contribution >= 0.6 is 12.4 Å². The lowest BCUT2D eigenvalue weighted by atomic mass is 10.1. The molecule has 0 amide bonds. The Hall–Kier alpha value is -0.510. The second-order valence-electron chi connectivity index (χ2n) is 4.63. The van der Waals surface area contributed by atoms with Gasteiger partial charge in [-0.25, -0.2) is 0 Å². The Morgan fingerprint density at radius 3 is 3.06 bits per heavy atom. The largest absolute Gasteiger partial charge is 0.472 e. The predicted molar refractivity (Wildman–Crippen MR) is 70.5 cm³/mol. The van der Waals surface area contributed by atoms with Crippen LogP contribution in [0, 0.1) is 0 Å². The molecule has 1 aromatic heterocycles. The van der Waals surface area contributed by atoms with E-state index in [1.165, 1.54) is 31.2 Å². The molecule has 2 atom stereocenters. The lowest BCUT2D eigenvalue weighted by Gasteiger charge is -2.15. The molecule has 0 aromatic carbocycles. The summed E-state index contributed by atoms with van der Waals surface area (Å²) in [5.41, 5.74) is 1.21. The third-order valence-corrected chi connectivity index (χ3v) is 3.18. The number of halogens is 1. The van der Waals surface area contributed by atoms with Crippen LogP contribution in [0.15, 0.2) is 23.0 Å². The van der Waals surface area contributed by atoms with Gasteiger partial charge in [0.05, 0.1) is 18.6 Å². The van der Waals surface area contributed by atoms with Crippen LogP contribution in [0.2, 0.25) is 0 Å². The Bertz CT molecular complexity index is 284. The van der Waals surface area contributed by atoms with Crippen LogP contribution in [-0.4, -0.2) is 18.8 Å². The van der Waals surface area contributed by atoms with E-state index in [4.69, 9.17) is 9.15 Å². The molecule has 2 heterocycles. The standard InChI is InChI=1S/C13H21NO2.ClH/c1-11(4-5-13-3-2-7-16-13)14-9-12-6-8-15-10-12;/h6,8,10-11,13-14H,2-5,7,9H2,1H3;1H. The zero-order valence-electron chi connectivity index (χ0n) is 10.4. The fourth-order valence-corrected chi connectivity index (χ4v) is 2.10. The van der Waals surface area contributed by atoms with Crippen molar-refractivity contribution in [2.24, 2.45) is 0 Å². The second-order valence-corrected chi connectivity index (χ2v) is 4.63. The fraction of sp³-hybridized carbons (Fsp3) is 0.692. The lowest BCUT2D eigenvalue weighted by molar-refractivity contribution is 0.100. The monoisotopic (exact) mass is 259 g/mol. The van der Waals surface area contributed by atoms with Crippen LogP contribution in [0.1, 0.15) is 38.2 Å². The van der Waals surface area contributed by atoms with Crippen molar-refractivity contribution in [3.63, 3.8) is 0 Å². The van der Waals surface area contributed by atoms with Crippen molar-refractivity contribution in [3.8, 4) is 0 Å². The highest BCUT2D eigenvalue weighted by molar-refractivity contribution is 5.85. The molecule has 2 rings (SSSR count). The molecule has 1 N–H and O–H groups in total. The molecular weight excluding hydrogens is 238 g/mol. The number of furan rings is 1. The van der Waals surface area contributed by atoms with Crippen molar-refractivity contribution in [3.05, 3.63) is 24.2 Å². The maximum atomic E-state index is 5.61. The van der Waals surface area contributed by atoms with Crippen LogP contribution in [0.4, 0.5) is 0 Å². The summed E-state index contributed by atoms with van der Waals surface area (Å²) in [5.74, 6) is 0. The van der Waals surface area contributed by atoms with E-state index in [0.717, 1.165) is 13.2 Å². The SMILES string of the molecule is CC(CCC1CCCO1)NCc1ccoc1.Cl. The van der Waals surface area contributed by atoms with Crippen LogP contribution in [-0.2, 0) is 11.3 Å². The minimum atomic E-state index is 0. The van der Waals surface area contributed by atoms with E-state index in [1.807, 2.05) is 6.07 Å². The summed E-state index contributed by atoms with van der Waals surface area (Å²) >= 11 is 0. The number of hydrogen-bond acceptors (Lipinski definition) is 3. The molecule has 0 spiro atoms. The van der Waals surface area contributed by atoms with Crippen LogP contribution in [0.25, 0.3) is 0 Å². The maximum absolute atomic E-state index is 5.61. The normalized spacial score (nSPS) is 21.1. The number of rotatable bonds is 6. The summed E-state index contributed by atoms with van der Waals surface area (Å²) in [7, 11) is 0. The molecule has 1 aliphatic rings. The summed E-state index contributed by atoms with van der Waals surface area (Å²) in [4.78, 5) is 0. The molecule has 0 bridgehead atoms. The van der Waals surface area contributed by atoms with Gasteiger partial charge in [-0.15, -0.1) is 12.4 Å². The predicted octanol–water partition coefficient (Wildman–Crippen LogP) is 3.14. The number of nitrogens with one attached hydrogen (secondary N) is 1. The van der Waals surface area contributed by atoms with Gasteiger partial charge in [0.15, 0.2) is 0 Å². The van der Waals surface area contributed by atoms with Gasteiger partial charge in [-0.1, -0.05) is 0 Å². The first-order chi connectivity index (χ1) is 7.84. The molecule has 1 aliphatic heterocycles. The average molecular weight is 260 g/mol. The van der Waals surface area contributed by atoms with Gasteiger partial charge < -0.3 is 14.5 Å². The minimum absolute atomic E-state index is 0. The summed E-state index contributed by atoms with van der Waals surface area (Å²) in [5, 5.41) is 3.49. The molecule has 3 nitrogen and oxygen atoms in total. The molecule has 17 heavy (non-hydrogen) atoms. The summed E-state index contributed by atoms with van der Waals surface area (Å²) in [6.45, 7) is 4.08. The highest BCUT2D eigenvalue weighted by atomic mass is 35.5. The molecule has 0 aliphatic carbocycles. The van der Waals surface area contributed by atoms with Crippen molar-refractivity contribution in [1.29, 1.82) is 0 Å². The molecule has 0 saturated carbocycles. The summed E-state index contributed by atoms with van der Waals surface area (Å²) in [6.07, 6.45) is 8.87. The van der Waals surface area contributed by atoms with E-state index in [-0.39, 0.29) is 12.4 Å². The van der Waals surface area contributed by atoms with Crippen molar-refractivity contribution in [2.45, 2.75) is 51.3 Å². The van der Waals surface area contributed by atoms with Gasteiger partial charge in [-0.05, 0) is 38.7 Å². The molecule has 1 saturated heterocycles. The topological polar surface area (TPSA) is 34.4 Å². The van der Waals surface area contributed by atoms with Gasteiger partial charge >= 0.3 is 0 Å². The Morgan fingerprint density at radius 1 is 1.53 bits per heavy atom. The first-order valence-electron chi connectivity index (χ1n) is 6.20. The third-order valence-electron chi connectivity index (χ3n) is 3.18. The first-order valence-corrected chi connectivity index (χ1v) is 6.20. The summed E-state index contributed by atoms with van der Waals surface area (Å²) < 4.78 is 10.6. The average Bonchev–Trinajstić information content (AvgIpc) is 2.96. The van der Waals surface area contributed by atoms with Crippen molar-refractivity contribution in [2.75, 3.05) is 6.61 Å². The van der Waals surface area contributed by atoms with E-state index < -0.39 is 0 Å². The highest BCUT2D eigenvalue weighted by Gasteiger charge is 2.16. The Morgan fingerprint density at radius 2 is 2.41 bits per heavy atom. The summed E-state index contributed by atoms with van der Waals surface area (Å²) in [6, 6.07) is 2.54. The molecule has 98 valence electrons. The third kappa shape index (κ3) is 5.11. The van der Waals surface area contributed by atoms with E-state index >= 15 is 0 Å². The van der Waals surface area contributed by atoms with Crippen molar-refractivity contribution in [1.82, 2.24) is 5.32 Å². The van der Waals surface area contributed by atoms with E-state index in [1.54, 1.807) is 12.5 Å². The molecule has 4 heteroatoms. The first kappa shape index (κ1) is 14.6. The lowest BCUT2D eigenvalue weighted by Crippen LogP contribution is -2.26. The fourth-order valence-electron chi connectivity index (χ4n) is 2.10. The minimum Gasteiger partial charge on any atom is -0.472 e. The van der Waals surface area contributed by atoms with Gasteiger partial charge in [0, 0.05) is 24.8 Å². The molecule has 1 aromatic rings. The van der Waals surface area contributed by atoms with E-state index in [2.05, 4.69) is 12.2 Å². The van der Waals surface area contributed by atoms with Crippen LogP contribution in [0.5, 0.6) is 0 Å². The Kier molecular flexibility index (Phi) is 6.63. The molecule has 1 fully saturated rings. The smallest absolute Gasteiger partial charge is 0.0947 e. The van der Waals surface area contributed by atoms with Crippen molar-refractivity contribution >= 4 is 12.4 Å². The quantitative estimate of drug-likeness (QED) is 0.852. The van der Waals surface area contributed by atoms with Gasteiger partial charge in [0.25, 0.3) is 0 Å².